The third kappa shape index (κ3) is 4.90. The van der Waals surface area contributed by atoms with Crippen molar-refractivity contribution in [3.8, 4) is 0 Å². The first-order valence-electron chi connectivity index (χ1n) is 7.58. The van der Waals surface area contributed by atoms with Crippen molar-refractivity contribution in [1.29, 1.82) is 0 Å². The number of ketones is 1. The number of carbonyl (C=O) groups is 1. The van der Waals surface area contributed by atoms with E-state index in [0.717, 1.165) is 31.7 Å². The average molecular weight is 292 g/mol. The van der Waals surface area contributed by atoms with E-state index < -0.39 is 0 Å². The number of rotatable bonds is 4. The Bertz CT molecular complexity index is 471. The highest BCUT2D eigenvalue weighted by Gasteiger charge is 2.26. The summed E-state index contributed by atoms with van der Waals surface area (Å²) in [4.78, 5) is 16.8. The van der Waals surface area contributed by atoms with E-state index in [1.54, 1.807) is 12.1 Å². The predicted octanol–water partition coefficient (Wildman–Crippen LogP) is 2.35. The Labute approximate surface area is 126 Å². The lowest BCUT2D eigenvalue weighted by molar-refractivity contribution is -0.120. The van der Waals surface area contributed by atoms with Gasteiger partial charge in [0.05, 0.1) is 6.54 Å². The van der Waals surface area contributed by atoms with Gasteiger partial charge in [-0.05, 0) is 38.5 Å². The predicted molar refractivity (Wildman–Crippen MR) is 82.9 cm³/mol. The molecule has 1 saturated heterocycles. The fourth-order valence-corrected chi connectivity index (χ4v) is 2.71. The van der Waals surface area contributed by atoms with Crippen molar-refractivity contribution in [3.05, 3.63) is 35.6 Å². The molecule has 4 heteroatoms. The molecule has 21 heavy (non-hydrogen) atoms. The van der Waals surface area contributed by atoms with Crippen molar-refractivity contribution in [2.75, 3.05) is 32.7 Å². The fourth-order valence-electron chi connectivity index (χ4n) is 2.71. The number of hydrogen-bond acceptors (Lipinski definition) is 3. The average Bonchev–Trinajstić information content (AvgIpc) is 2.41. The largest absolute Gasteiger partial charge is 0.298 e. The second-order valence-corrected chi connectivity index (χ2v) is 6.78. The van der Waals surface area contributed by atoms with Crippen LogP contribution in [0.4, 0.5) is 4.39 Å². The van der Waals surface area contributed by atoms with Gasteiger partial charge in [0.2, 0.25) is 0 Å². The summed E-state index contributed by atoms with van der Waals surface area (Å²) in [6.07, 6.45) is 0.389. The lowest BCUT2D eigenvalue weighted by atomic mass is 10.0. The number of nitrogens with zero attached hydrogens (tertiary/aromatic N) is 2. The van der Waals surface area contributed by atoms with Gasteiger partial charge >= 0.3 is 0 Å². The Morgan fingerprint density at radius 1 is 1.10 bits per heavy atom. The van der Waals surface area contributed by atoms with Gasteiger partial charge in [-0.25, -0.2) is 4.39 Å². The molecule has 1 aromatic rings. The van der Waals surface area contributed by atoms with Crippen LogP contribution in [-0.4, -0.2) is 53.8 Å². The number of carbonyl (C=O) groups excluding carboxylic acids is 1. The van der Waals surface area contributed by atoms with Crippen LogP contribution in [0.2, 0.25) is 0 Å². The molecule has 0 bridgehead atoms. The molecule has 0 radical (unpaired) electrons. The standard InChI is InChI=1S/C17H25FN2O/c1-17(2,3)20-10-8-19(9-11-20)13-16(21)12-14-4-6-15(18)7-5-14/h4-7H,8-13H2,1-3H3. The molecule has 1 heterocycles. The molecule has 116 valence electrons. The molecule has 0 N–H and O–H groups in total. The van der Waals surface area contributed by atoms with Gasteiger partial charge < -0.3 is 0 Å². The van der Waals surface area contributed by atoms with Crippen LogP contribution in [0, 0.1) is 5.82 Å². The van der Waals surface area contributed by atoms with E-state index in [0.29, 0.717) is 13.0 Å². The maximum atomic E-state index is 12.8. The second kappa shape index (κ2) is 6.67. The van der Waals surface area contributed by atoms with Gasteiger partial charge in [0.15, 0.2) is 5.78 Å². The number of halogens is 1. The van der Waals surface area contributed by atoms with Crippen LogP contribution >= 0.6 is 0 Å². The Hall–Kier alpha value is -1.26. The summed E-state index contributed by atoms with van der Waals surface area (Å²) in [6.45, 7) is 11.1. The van der Waals surface area contributed by atoms with Crippen LogP contribution in [0.3, 0.4) is 0 Å². The van der Waals surface area contributed by atoms with Crippen LogP contribution < -0.4 is 0 Å². The van der Waals surface area contributed by atoms with Crippen molar-refractivity contribution in [3.63, 3.8) is 0 Å². The Kier molecular flexibility index (Phi) is 5.12. The third-order valence-electron chi connectivity index (χ3n) is 4.04. The molecule has 0 amide bonds. The van der Waals surface area contributed by atoms with Crippen LogP contribution in [0.1, 0.15) is 26.3 Å². The summed E-state index contributed by atoms with van der Waals surface area (Å²) in [6, 6.07) is 6.19. The maximum Gasteiger partial charge on any atom is 0.151 e. The minimum absolute atomic E-state index is 0.199. The second-order valence-electron chi connectivity index (χ2n) is 6.78. The van der Waals surface area contributed by atoms with Gasteiger partial charge in [0.1, 0.15) is 5.82 Å². The summed E-state index contributed by atoms with van der Waals surface area (Å²) >= 11 is 0. The van der Waals surface area contributed by atoms with E-state index in [-0.39, 0.29) is 17.1 Å². The first-order chi connectivity index (χ1) is 9.84. The van der Waals surface area contributed by atoms with E-state index >= 15 is 0 Å². The van der Waals surface area contributed by atoms with Crippen LogP contribution in [0.5, 0.6) is 0 Å². The molecule has 3 nitrogen and oxygen atoms in total. The van der Waals surface area contributed by atoms with Crippen molar-refractivity contribution in [2.24, 2.45) is 0 Å². The van der Waals surface area contributed by atoms with Gasteiger partial charge in [0.25, 0.3) is 0 Å². The summed E-state index contributed by atoms with van der Waals surface area (Å²) in [5, 5.41) is 0. The number of hydrogen-bond donors (Lipinski definition) is 0. The molecule has 2 rings (SSSR count). The maximum absolute atomic E-state index is 12.8. The van der Waals surface area contributed by atoms with E-state index in [1.165, 1.54) is 12.1 Å². The van der Waals surface area contributed by atoms with Crippen LogP contribution in [0.25, 0.3) is 0 Å². The highest BCUT2D eigenvalue weighted by Crippen LogP contribution is 2.15. The van der Waals surface area contributed by atoms with Crippen molar-refractivity contribution < 1.29 is 9.18 Å². The summed E-state index contributed by atoms with van der Waals surface area (Å²) in [7, 11) is 0. The highest BCUT2D eigenvalue weighted by atomic mass is 19.1. The van der Waals surface area contributed by atoms with Gasteiger partial charge in [0, 0.05) is 38.1 Å². The molecule has 1 aliphatic heterocycles. The quantitative estimate of drug-likeness (QED) is 0.851. The molecule has 0 unspecified atom stereocenters. The first kappa shape index (κ1) is 16.1. The number of Topliss-reactive ketones (excluding diaryl/α,β-unsaturated/α-hetero) is 1. The molecule has 0 aliphatic carbocycles. The minimum Gasteiger partial charge on any atom is -0.298 e. The van der Waals surface area contributed by atoms with E-state index in [2.05, 4.69) is 30.6 Å². The van der Waals surface area contributed by atoms with Gasteiger partial charge in [-0.15, -0.1) is 0 Å². The zero-order valence-electron chi connectivity index (χ0n) is 13.2. The van der Waals surface area contributed by atoms with Crippen molar-refractivity contribution >= 4 is 5.78 Å². The molecule has 1 fully saturated rings. The molecule has 0 spiro atoms. The minimum atomic E-state index is -0.260. The summed E-state index contributed by atoms with van der Waals surface area (Å²) < 4.78 is 12.8. The molecular formula is C17H25FN2O. The monoisotopic (exact) mass is 292 g/mol. The lowest BCUT2D eigenvalue weighted by Crippen LogP contribution is -2.54. The van der Waals surface area contributed by atoms with Gasteiger partial charge in [-0.1, -0.05) is 12.1 Å². The summed E-state index contributed by atoms with van der Waals surface area (Å²) in [5.41, 5.74) is 1.08. The molecular weight excluding hydrogens is 267 g/mol. The third-order valence-corrected chi connectivity index (χ3v) is 4.04. The molecule has 1 aromatic carbocycles. The Morgan fingerprint density at radius 2 is 1.67 bits per heavy atom. The Balaban J connectivity index is 1.78. The zero-order chi connectivity index (χ0) is 15.5. The fraction of sp³-hybridized carbons (Fsp3) is 0.588. The SMILES string of the molecule is CC(C)(C)N1CCN(CC(=O)Cc2ccc(F)cc2)CC1. The summed E-state index contributed by atoms with van der Waals surface area (Å²) in [5.74, 6) is -0.0599. The lowest BCUT2D eigenvalue weighted by Gasteiger charge is -2.42. The van der Waals surface area contributed by atoms with Crippen molar-refractivity contribution in [2.45, 2.75) is 32.7 Å². The van der Waals surface area contributed by atoms with E-state index in [4.69, 9.17) is 0 Å². The molecule has 1 aliphatic rings. The molecule has 0 aromatic heterocycles. The van der Waals surface area contributed by atoms with Gasteiger partial charge in [-0.2, -0.15) is 0 Å². The first-order valence-corrected chi connectivity index (χ1v) is 7.58. The van der Waals surface area contributed by atoms with Crippen molar-refractivity contribution in [1.82, 2.24) is 9.80 Å². The zero-order valence-corrected chi connectivity index (χ0v) is 13.2. The smallest absolute Gasteiger partial charge is 0.151 e. The number of piperazine rings is 1. The van der Waals surface area contributed by atoms with E-state index in [1.807, 2.05) is 0 Å². The Morgan fingerprint density at radius 3 is 2.19 bits per heavy atom. The normalized spacial score (nSPS) is 17.9. The highest BCUT2D eigenvalue weighted by molar-refractivity contribution is 5.82. The molecule has 0 saturated carbocycles. The molecule has 0 atom stereocenters. The topological polar surface area (TPSA) is 23.6 Å². The van der Waals surface area contributed by atoms with Gasteiger partial charge in [-0.3, -0.25) is 14.6 Å². The van der Waals surface area contributed by atoms with E-state index in [9.17, 15) is 9.18 Å². The van der Waals surface area contributed by atoms with Crippen LogP contribution in [0.15, 0.2) is 24.3 Å². The van der Waals surface area contributed by atoms with Crippen LogP contribution in [-0.2, 0) is 11.2 Å². The number of benzene rings is 1.